The zero-order valence-corrected chi connectivity index (χ0v) is 20.2. The molecule has 0 spiro atoms. The Morgan fingerprint density at radius 2 is 1.47 bits per heavy atom. The Balaban J connectivity index is 1.54. The monoisotopic (exact) mass is 479 g/mol. The Hall–Kier alpha value is -4.19. The summed E-state index contributed by atoms with van der Waals surface area (Å²) in [7, 11) is 1.60. The highest BCUT2D eigenvalue weighted by Crippen LogP contribution is 2.54. The molecule has 2 amide bonds. The molecule has 1 aliphatic carbocycles. The second kappa shape index (κ2) is 8.19. The molecule has 0 bridgehead atoms. The van der Waals surface area contributed by atoms with Crippen LogP contribution in [0.25, 0.3) is 5.57 Å². The number of hydrogen-bond acceptors (Lipinski definition) is 5. The van der Waals surface area contributed by atoms with Crippen LogP contribution < -0.4 is 14.4 Å². The number of hydrogen-bond donors (Lipinski definition) is 0. The van der Waals surface area contributed by atoms with Crippen molar-refractivity contribution in [3.8, 4) is 11.5 Å². The second-order valence-electron chi connectivity index (χ2n) is 9.72. The quantitative estimate of drug-likeness (QED) is 0.306. The van der Waals surface area contributed by atoms with Crippen LogP contribution in [0, 0.1) is 31.6 Å². The Morgan fingerprint density at radius 1 is 0.806 bits per heavy atom. The summed E-state index contributed by atoms with van der Waals surface area (Å²) in [5.74, 6) is -2.77. The highest BCUT2D eigenvalue weighted by Gasteiger charge is 2.60. The van der Waals surface area contributed by atoms with Crippen molar-refractivity contribution >= 4 is 29.0 Å². The van der Waals surface area contributed by atoms with Gasteiger partial charge in [-0.05, 0) is 60.9 Å². The van der Waals surface area contributed by atoms with Crippen molar-refractivity contribution in [2.75, 3.05) is 12.0 Å². The summed E-state index contributed by atoms with van der Waals surface area (Å²) in [5, 5.41) is 0. The number of carbonyl (C=O) groups is 3. The maximum absolute atomic E-state index is 13.9. The van der Waals surface area contributed by atoms with Crippen LogP contribution in [0.1, 0.15) is 28.2 Å². The molecule has 6 nitrogen and oxygen atoms in total. The van der Waals surface area contributed by atoms with Gasteiger partial charge in [0.05, 0.1) is 30.6 Å². The smallest absolute Gasteiger partial charge is 0.319 e. The third-order valence-corrected chi connectivity index (χ3v) is 7.54. The van der Waals surface area contributed by atoms with E-state index in [0.29, 0.717) is 17.2 Å². The molecule has 0 saturated carbocycles. The van der Waals surface area contributed by atoms with Gasteiger partial charge in [0.15, 0.2) is 0 Å². The van der Waals surface area contributed by atoms with Gasteiger partial charge in [0.25, 0.3) is 0 Å². The molecule has 3 aliphatic rings. The van der Waals surface area contributed by atoms with E-state index in [-0.39, 0.29) is 17.7 Å². The predicted octanol–water partition coefficient (Wildman–Crippen LogP) is 4.83. The molecule has 2 heterocycles. The van der Waals surface area contributed by atoms with Crippen LogP contribution in [0.4, 0.5) is 5.69 Å². The summed E-state index contributed by atoms with van der Waals surface area (Å²) in [4.78, 5) is 42.4. The van der Waals surface area contributed by atoms with Crippen molar-refractivity contribution in [2.24, 2.45) is 17.8 Å². The van der Waals surface area contributed by atoms with Crippen molar-refractivity contribution in [3.63, 3.8) is 0 Å². The first-order valence-corrected chi connectivity index (χ1v) is 12.0. The van der Waals surface area contributed by atoms with Gasteiger partial charge < -0.3 is 9.47 Å². The number of esters is 1. The van der Waals surface area contributed by atoms with Crippen LogP contribution >= 0.6 is 0 Å². The number of methoxy groups -OCH3 is 1. The number of benzene rings is 3. The molecule has 180 valence electrons. The molecule has 0 radical (unpaired) electrons. The summed E-state index contributed by atoms with van der Waals surface area (Å²) in [5.41, 5.74) is 4.93. The van der Waals surface area contributed by atoms with Crippen molar-refractivity contribution in [1.29, 1.82) is 0 Å². The van der Waals surface area contributed by atoms with Gasteiger partial charge in [0.1, 0.15) is 11.5 Å². The number of anilines is 1. The molecule has 36 heavy (non-hydrogen) atoms. The van der Waals surface area contributed by atoms with Crippen LogP contribution in [0.3, 0.4) is 0 Å². The molecule has 0 N–H and O–H groups in total. The van der Waals surface area contributed by atoms with Crippen LogP contribution in [-0.4, -0.2) is 24.9 Å². The summed E-state index contributed by atoms with van der Waals surface area (Å²) in [6.45, 7) is 3.88. The maximum Gasteiger partial charge on any atom is 0.319 e. The lowest BCUT2D eigenvalue weighted by atomic mass is 9.64. The minimum atomic E-state index is -0.854. The predicted molar refractivity (Wildman–Crippen MR) is 135 cm³/mol. The van der Waals surface area contributed by atoms with Gasteiger partial charge >= 0.3 is 5.97 Å². The summed E-state index contributed by atoms with van der Waals surface area (Å²) >= 11 is 0. The van der Waals surface area contributed by atoms with Crippen molar-refractivity contribution in [3.05, 3.63) is 95.1 Å². The number of rotatable bonds is 3. The average Bonchev–Trinajstić information content (AvgIpc) is 3.14. The fraction of sp³-hybridized carbons (Fsp3) is 0.233. The van der Waals surface area contributed by atoms with E-state index in [2.05, 4.69) is 0 Å². The molecule has 4 atom stereocenters. The maximum atomic E-state index is 13.9. The Morgan fingerprint density at radius 3 is 2.17 bits per heavy atom. The Bertz CT molecular complexity index is 1440. The number of imide groups is 1. The van der Waals surface area contributed by atoms with E-state index in [4.69, 9.17) is 9.47 Å². The topological polar surface area (TPSA) is 72.9 Å². The molecular formula is C30H25NO5. The fourth-order valence-corrected chi connectivity index (χ4v) is 5.77. The van der Waals surface area contributed by atoms with Crippen LogP contribution in [0.2, 0.25) is 0 Å². The van der Waals surface area contributed by atoms with E-state index >= 15 is 0 Å². The number of carbonyl (C=O) groups excluding carboxylic acids is 3. The highest BCUT2D eigenvalue weighted by atomic mass is 16.5. The van der Waals surface area contributed by atoms with Gasteiger partial charge in [-0.1, -0.05) is 48.0 Å². The summed E-state index contributed by atoms with van der Waals surface area (Å²) < 4.78 is 11.0. The summed E-state index contributed by atoms with van der Waals surface area (Å²) in [6.07, 6.45) is 1.99. The standard InChI is InChI=1S/C30H25NO5/c1-16-4-9-19(10-5-16)31-28(32)25-22(18-7-11-20(35-3)12-8-18)15-23-21-13-6-17(2)14-24(21)36-30(34)26(23)27(25)29(31)33/h4-15,22,25-27H,1-3H3/t22-,25-,26-,27+/m0/s1. The molecule has 1 fully saturated rings. The molecule has 6 rings (SSSR count). The third kappa shape index (κ3) is 3.28. The van der Waals surface area contributed by atoms with E-state index in [9.17, 15) is 14.4 Å². The highest BCUT2D eigenvalue weighted by molar-refractivity contribution is 6.24. The molecule has 1 saturated heterocycles. The lowest BCUT2D eigenvalue weighted by Gasteiger charge is -2.38. The van der Waals surface area contributed by atoms with Crippen molar-refractivity contribution in [1.82, 2.24) is 0 Å². The van der Waals surface area contributed by atoms with E-state index in [0.717, 1.165) is 27.8 Å². The summed E-state index contributed by atoms with van der Waals surface area (Å²) in [6, 6.07) is 20.5. The van der Waals surface area contributed by atoms with Crippen LogP contribution in [0.15, 0.2) is 72.8 Å². The first-order chi connectivity index (χ1) is 17.4. The second-order valence-corrected chi connectivity index (χ2v) is 9.72. The van der Waals surface area contributed by atoms with E-state index in [1.165, 1.54) is 4.90 Å². The normalized spacial score (nSPS) is 24.5. The number of allylic oxidation sites excluding steroid dienone is 1. The SMILES string of the molecule is COc1ccc([C@@H]2C=C3c4ccc(C)cc4OC(=O)[C@@H]3[C@@H]3C(=O)N(c4ccc(C)cc4)C(=O)[C@H]32)cc1. The Labute approximate surface area is 209 Å². The zero-order valence-electron chi connectivity index (χ0n) is 20.2. The molecular weight excluding hydrogens is 454 g/mol. The van der Waals surface area contributed by atoms with Crippen LogP contribution in [0.5, 0.6) is 11.5 Å². The molecule has 3 aromatic rings. The van der Waals surface area contributed by atoms with E-state index < -0.39 is 23.7 Å². The Kier molecular flexibility index (Phi) is 5.07. The largest absolute Gasteiger partial charge is 0.497 e. The minimum Gasteiger partial charge on any atom is -0.497 e. The van der Waals surface area contributed by atoms with Gasteiger partial charge in [0, 0.05) is 11.5 Å². The third-order valence-electron chi connectivity index (χ3n) is 7.54. The first kappa shape index (κ1) is 22.3. The number of aryl methyl sites for hydroxylation is 2. The lowest BCUT2D eigenvalue weighted by Crippen LogP contribution is -2.42. The molecule has 0 aromatic heterocycles. The van der Waals surface area contributed by atoms with Gasteiger partial charge in [-0.2, -0.15) is 0 Å². The molecule has 2 aliphatic heterocycles. The number of amides is 2. The minimum absolute atomic E-state index is 0.299. The molecule has 6 heteroatoms. The first-order valence-electron chi connectivity index (χ1n) is 12.0. The number of nitrogens with zero attached hydrogens (tertiary/aromatic N) is 1. The van der Waals surface area contributed by atoms with E-state index in [1.807, 2.05) is 74.5 Å². The lowest BCUT2D eigenvalue weighted by molar-refractivity contribution is -0.142. The fourth-order valence-electron chi connectivity index (χ4n) is 5.77. The average molecular weight is 480 g/mol. The number of fused-ring (bicyclic) bond motifs is 5. The van der Waals surface area contributed by atoms with E-state index in [1.54, 1.807) is 19.2 Å². The van der Waals surface area contributed by atoms with Gasteiger partial charge in [-0.25, -0.2) is 4.90 Å². The van der Waals surface area contributed by atoms with Gasteiger partial charge in [-0.15, -0.1) is 0 Å². The molecule has 3 aromatic carbocycles. The van der Waals surface area contributed by atoms with Crippen LogP contribution in [-0.2, 0) is 14.4 Å². The van der Waals surface area contributed by atoms with Gasteiger partial charge in [0.2, 0.25) is 11.8 Å². The number of ether oxygens (including phenoxy) is 2. The van der Waals surface area contributed by atoms with Gasteiger partial charge in [-0.3, -0.25) is 14.4 Å². The zero-order chi connectivity index (χ0) is 25.1. The van der Waals surface area contributed by atoms with Crippen molar-refractivity contribution in [2.45, 2.75) is 19.8 Å². The van der Waals surface area contributed by atoms with Crippen molar-refractivity contribution < 1.29 is 23.9 Å². The molecule has 0 unspecified atom stereocenters.